The van der Waals surface area contributed by atoms with Gasteiger partial charge in [0.1, 0.15) is 17.7 Å². The van der Waals surface area contributed by atoms with Gasteiger partial charge in [0.15, 0.2) is 5.78 Å². The Morgan fingerprint density at radius 1 is 1.29 bits per heavy atom. The zero-order chi connectivity index (χ0) is 15.0. The van der Waals surface area contributed by atoms with Gasteiger partial charge in [-0.3, -0.25) is 4.79 Å². The predicted octanol–water partition coefficient (Wildman–Crippen LogP) is 4.47. The molecule has 2 aromatic rings. The van der Waals surface area contributed by atoms with Gasteiger partial charge in [-0.2, -0.15) is 0 Å². The van der Waals surface area contributed by atoms with Crippen molar-refractivity contribution < 1.29 is 13.9 Å². The second-order valence-corrected chi connectivity index (χ2v) is 6.20. The highest BCUT2D eigenvalue weighted by Crippen LogP contribution is 2.31. The average Bonchev–Trinajstić information content (AvgIpc) is 2.43. The highest BCUT2D eigenvalue weighted by atomic mass is 79.9. The fourth-order valence-electron chi connectivity index (χ4n) is 2.61. The van der Waals surface area contributed by atoms with Crippen LogP contribution in [-0.4, -0.2) is 11.9 Å². The molecule has 1 aliphatic heterocycles. The van der Waals surface area contributed by atoms with Crippen LogP contribution in [0.3, 0.4) is 0 Å². The quantitative estimate of drug-likeness (QED) is 0.800. The van der Waals surface area contributed by atoms with E-state index in [0.717, 1.165) is 15.6 Å². The normalized spacial score (nSPS) is 17.3. The predicted molar refractivity (Wildman–Crippen MR) is 82.3 cm³/mol. The molecule has 2 aromatic carbocycles. The smallest absolute Gasteiger partial charge is 0.170 e. The molecule has 0 aliphatic carbocycles. The molecule has 1 heterocycles. The maximum atomic E-state index is 13.1. The number of benzene rings is 2. The molecule has 108 valence electrons. The van der Waals surface area contributed by atoms with Crippen LogP contribution < -0.4 is 4.74 Å². The first-order valence-corrected chi connectivity index (χ1v) is 7.56. The molecule has 0 aromatic heterocycles. The summed E-state index contributed by atoms with van der Waals surface area (Å²) in [6.07, 6.45) is 0.753. The Morgan fingerprint density at radius 2 is 2.10 bits per heavy atom. The number of carbonyl (C=O) groups excluding carboxylic acids is 1. The Labute approximate surface area is 131 Å². The second-order valence-electron chi connectivity index (χ2n) is 5.28. The van der Waals surface area contributed by atoms with E-state index in [2.05, 4.69) is 15.9 Å². The molecule has 0 N–H and O–H groups in total. The number of Topliss-reactive ketones (excluding diaryl/α,β-unsaturated/α-hetero) is 1. The lowest BCUT2D eigenvalue weighted by Crippen LogP contribution is -2.29. The number of ether oxygens (including phenoxy) is 1. The van der Waals surface area contributed by atoms with Gasteiger partial charge in [-0.25, -0.2) is 4.39 Å². The summed E-state index contributed by atoms with van der Waals surface area (Å²) in [5.41, 5.74) is 2.51. The fraction of sp³-hybridized carbons (Fsp3) is 0.235. The highest BCUT2D eigenvalue weighted by molar-refractivity contribution is 9.10. The standard InChI is InChI=1S/C17H14BrFO2/c1-10-6-13(19)4-2-11(10)7-14-9-16(20)15-8-12(18)3-5-17(15)21-14/h2-6,8,14H,7,9H2,1H3. The number of hydrogen-bond acceptors (Lipinski definition) is 2. The number of aryl methyl sites for hydroxylation is 1. The molecule has 1 atom stereocenters. The number of halogens is 2. The summed E-state index contributed by atoms with van der Waals surface area (Å²) >= 11 is 3.36. The molecule has 4 heteroatoms. The van der Waals surface area contributed by atoms with E-state index in [1.165, 1.54) is 12.1 Å². The van der Waals surface area contributed by atoms with Gasteiger partial charge < -0.3 is 4.74 Å². The Kier molecular flexibility index (Phi) is 3.81. The minimum absolute atomic E-state index is 0.0855. The molecule has 21 heavy (non-hydrogen) atoms. The van der Waals surface area contributed by atoms with E-state index in [4.69, 9.17) is 4.74 Å². The molecule has 0 saturated carbocycles. The number of fused-ring (bicyclic) bond motifs is 1. The second kappa shape index (κ2) is 5.60. The van der Waals surface area contributed by atoms with E-state index in [9.17, 15) is 9.18 Å². The Morgan fingerprint density at radius 3 is 2.86 bits per heavy atom. The van der Waals surface area contributed by atoms with Gasteiger partial charge in [-0.05, 0) is 48.4 Å². The van der Waals surface area contributed by atoms with Crippen LogP contribution in [0.2, 0.25) is 0 Å². The van der Waals surface area contributed by atoms with Crippen molar-refractivity contribution in [3.63, 3.8) is 0 Å². The van der Waals surface area contributed by atoms with E-state index in [1.54, 1.807) is 18.2 Å². The monoisotopic (exact) mass is 348 g/mol. The van der Waals surface area contributed by atoms with Gasteiger partial charge in [-0.15, -0.1) is 0 Å². The van der Waals surface area contributed by atoms with E-state index in [1.807, 2.05) is 13.0 Å². The number of ketones is 1. The van der Waals surface area contributed by atoms with Crippen LogP contribution >= 0.6 is 15.9 Å². The average molecular weight is 349 g/mol. The third kappa shape index (κ3) is 3.00. The van der Waals surface area contributed by atoms with Gasteiger partial charge >= 0.3 is 0 Å². The van der Waals surface area contributed by atoms with Gasteiger partial charge in [0.25, 0.3) is 0 Å². The van der Waals surface area contributed by atoms with Crippen LogP contribution in [0.1, 0.15) is 27.9 Å². The van der Waals surface area contributed by atoms with Crippen LogP contribution in [-0.2, 0) is 6.42 Å². The highest BCUT2D eigenvalue weighted by Gasteiger charge is 2.27. The van der Waals surface area contributed by atoms with Gasteiger partial charge in [0.05, 0.1) is 5.56 Å². The first-order valence-electron chi connectivity index (χ1n) is 6.77. The Balaban J connectivity index is 1.83. The molecular weight excluding hydrogens is 335 g/mol. The summed E-state index contributed by atoms with van der Waals surface area (Å²) < 4.78 is 19.9. The molecule has 0 saturated heterocycles. The van der Waals surface area contributed by atoms with Crippen LogP contribution in [0, 0.1) is 12.7 Å². The summed E-state index contributed by atoms with van der Waals surface area (Å²) in [6, 6.07) is 10.2. The third-order valence-electron chi connectivity index (χ3n) is 3.70. The third-order valence-corrected chi connectivity index (χ3v) is 4.19. The zero-order valence-corrected chi connectivity index (χ0v) is 13.1. The van der Waals surface area contributed by atoms with Crippen LogP contribution in [0.5, 0.6) is 5.75 Å². The number of rotatable bonds is 2. The lowest BCUT2D eigenvalue weighted by molar-refractivity contribution is 0.0850. The molecule has 0 radical (unpaired) electrons. The van der Waals surface area contributed by atoms with Crippen molar-refractivity contribution in [3.8, 4) is 5.75 Å². The van der Waals surface area contributed by atoms with E-state index >= 15 is 0 Å². The summed E-state index contributed by atoms with van der Waals surface area (Å²) in [5.74, 6) is 0.466. The van der Waals surface area contributed by atoms with Crippen molar-refractivity contribution in [2.45, 2.75) is 25.9 Å². The van der Waals surface area contributed by atoms with Crippen molar-refractivity contribution >= 4 is 21.7 Å². The lowest BCUT2D eigenvalue weighted by atomic mass is 9.95. The summed E-state index contributed by atoms with van der Waals surface area (Å²) in [7, 11) is 0. The summed E-state index contributed by atoms with van der Waals surface area (Å²) in [6.45, 7) is 1.87. The molecule has 0 bridgehead atoms. The van der Waals surface area contributed by atoms with Gasteiger partial charge in [0, 0.05) is 17.3 Å². The first kappa shape index (κ1) is 14.3. The van der Waals surface area contributed by atoms with Crippen molar-refractivity contribution in [2.24, 2.45) is 0 Å². The molecular formula is C17H14BrFO2. The molecule has 2 nitrogen and oxygen atoms in total. The van der Waals surface area contributed by atoms with Crippen LogP contribution in [0.4, 0.5) is 4.39 Å². The van der Waals surface area contributed by atoms with Gasteiger partial charge in [0.2, 0.25) is 0 Å². The fourth-order valence-corrected chi connectivity index (χ4v) is 2.97. The van der Waals surface area contributed by atoms with Crippen molar-refractivity contribution in [2.75, 3.05) is 0 Å². The molecule has 1 unspecified atom stereocenters. The minimum atomic E-state index is -0.243. The van der Waals surface area contributed by atoms with E-state index in [-0.39, 0.29) is 17.7 Å². The first-order chi connectivity index (χ1) is 10.0. The lowest BCUT2D eigenvalue weighted by Gasteiger charge is -2.26. The summed E-state index contributed by atoms with van der Waals surface area (Å²) in [5, 5.41) is 0. The van der Waals surface area contributed by atoms with Crippen LogP contribution in [0.15, 0.2) is 40.9 Å². The summed E-state index contributed by atoms with van der Waals surface area (Å²) in [4.78, 5) is 12.2. The zero-order valence-electron chi connectivity index (χ0n) is 11.5. The van der Waals surface area contributed by atoms with Crippen molar-refractivity contribution in [3.05, 3.63) is 63.4 Å². The Hall–Kier alpha value is -1.68. The Bertz CT molecular complexity index is 712. The molecule has 1 aliphatic rings. The molecule has 3 rings (SSSR count). The SMILES string of the molecule is Cc1cc(F)ccc1CC1CC(=O)c2cc(Br)ccc2O1. The maximum absolute atomic E-state index is 13.1. The molecule has 0 spiro atoms. The van der Waals surface area contributed by atoms with Gasteiger partial charge in [-0.1, -0.05) is 22.0 Å². The number of hydrogen-bond donors (Lipinski definition) is 0. The molecule has 0 fully saturated rings. The van der Waals surface area contributed by atoms with E-state index < -0.39 is 0 Å². The number of carbonyl (C=O) groups is 1. The maximum Gasteiger partial charge on any atom is 0.170 e. The van der Waals surface area contributed by atoms with Crippen LogP contribution in [0.25, 0.3) is 0 Å². The minimum Gasteiger partial charge on any atom is -0.489 e. The van der Waals surface area contributed by atoms with Crippen molar-refractivity contribution in [1.82, 2.24) is 0 Å². The largest absolute Gasteiger partial charge is 0.489 e. The molecule has 0 amide bonds. The van der Waals surface area contributed by atoms with E-state index in [0.29, 0.717) is 24.2 Å². The topological polar surface area (TPSA) is 26.3 Å². The van der Waals surface area contributed by atoms with Crippen molar-refractivity contribution in [1.29, 1.82) is 0 Å².